The molecule has 1 atom stereocenters. The summed E-state index contributed by atoms with van der Waals surface area (Å²) in [7, 11) is 0. The van der Waals surface area contributed by atoms with Crippen LogP contribution in [0.4, 0.5) is 4.39 Å². The summed E-state index contributed by atoms with van der Waals surface area (Å²) in [5.41, 5.74) is 7.66. The fourth-order valence-electron chi connectivity index (χ4n) is 2.26. The highest BCUT2D eigenvalue weighted by molar-refractivity contribution is 6.30. The van der Waals surface area contributed by atoms with Crippen molar-refractivity contribution in [2.75, 3.05) is 0 Å². The molecule has 0 heterocycles. The third kappa shape index (κ3) is 3.55. The van der Waals surface area contributed by atoms with Crippen molar-refractivity contribution < 1.29 is 9.13 Å². The number of ether oxygens (including phenoxy) is 1. The van der Waals surface area contributed by atoms with Gasteiger partial charge in [0.1, 0.15) is 11.6 Å². The van der Waals surface area contributed by atoms with Gasteiger partial charge in [0, 0.05) is 6.04 Å². The molecule has 1 unspecified atom stereocenters. The molecule has 4 heteroatoms. The van der Waals surface area contributed by atoms with Gasteiger partial charge in [-0.3, -0.25) is 0 Å². The van der Waals surface area contributed by atoms with Gasteiger partial charge >= 0.3 is 0 Å². The van der Waals surface area contributed by atoms with E-state index in [-0.39, 0.29) is 16.9 Å². The summed E-state index contributed by atoms with van der Waals surface area (Å²) in [5.74, 6) is 0.442. The van der Waals surface area contributed by atoms with Crippen molar-refractivity contribution in [3.05, 3.63) is 64.4 Å². The molecule has 0 amide bonds. The van der Waals surface area contributed by atoms with Gasteiger partial charge in [0.25, 0.3) is 0 Å². The SMILES string of the molecule is NC(Cc1cccc(Cl)c1F)c1cccc(OC2CC2)c1. The van der Waals surface area contributed by atoms with Crippen LogP contribution in [-0.4, -0.2) is 6.10 Å². The maximum absolute atomic E-state index is 13.9. The first-order valence-electron chi connectivity index (χ1n) is 7.08. The minimum Gasteiger partial charge on any atom is -0.490 e. The highest BCUT2D eigenvalue weighted by Gasteiger charge is 2.23. The lowest BCUT2D eigenvalue weighted by atomic mass is 9.99. The van der Waals surface area contributed by atoms with Crippen molar-refractivity contribution in [3.63, 3.8) is 0 Å². The number of benzene rings is 2. The largest absolute Gasteiger partial charge is 0.490 e. The summed E-state index contributed by atoms with van der Waals surface area (Å²) in [6, 6.07) is 12.4. The van der Waals surface area contributed by atoms with Gasteiger partial charge in [0.2, 0.25) is 0 Å². The van der Waals surface area contributed by atoms with Crippen LogP contribution in [0.3, 0.4) is 0 Å². The Balaban J connectivity index is 1.75. The van der Waals surface area contributed by atoms with E-state index in [4.69, 9.17) is 22.1 Å². The van der Waals surface area contributed by atoms with Crippen LogP contribution in [0, 0.1) is 5.82 Å². The monoisotopic (exact) mass is 305 g/mol. The average molecular weight is 306 g/mol. The molecule has 0 bridgehead atoms. The highest BCUT2D eigenvalue weighted by atomic mass is 35.5. The molecule has 21 heavy (non-hydrogen) atoms. The minimum atomic E-state index is -0.389. The van der Waals surface area contributed by atoms with Crippen LogP contribution in [0.1, 0.15) is 30.0 Å². The van der Waals surface area contributed by atoms with Crippen LogP contribution in [-0.2, 0) is 6.42 Å². The molecule has 110 valence electrons. The van der Waals surface area contributed by atoms with Crippen LogP contribution < -0.4 is 10.5 Å². The number of rotatable bonds is 5. The summed E-state index contributed by atoms with van der Waals surface area (Å²) in [6.45, 7) is 0. The second-order valence-electron chi connectivity index (χ2n) is 5.41. The summed E-state index contributed by atoms with van der Waals surface area (Å²) < 4.78 is 19.7. The Bertz CT molecular complexity index is 642. The van der Waals surface area contributed by atoms with Crippen LogP contribution in [0.5, 0.6) is 5.75 Å². The first-order chi connectivity index (χ1) is 10.1. The molecule has 0 aliphatic heterocycles. The minimum absolute atomic E-state index is 0.130. The summed E-state index contributed by atoms with van der Waals surface area (Å²) in [4.78, 5) is 0. The van der Waals surface area contributed by atoms with Crippen LogP contribution in [0.25, 0.3) is 0 Å². The van der Waals surface area contributed by atoms with E-state index < -0.39 is 0 Å². The third-order valence-corrected chi connectivity index (χ3v) is 3.88. The fraction of sp³-hybridized carbons (Fsp3) is 0.294. The van der Waals surface area contributed by atoms with E-state index in [0.29, 0.717) is 18.1 Å². The Morgan fingerprint density at radius 2 is 2.00 bits per heavy atom. The zero-order valence-corrected chi connectivity index (χ0v) is 12.3. The molecule has 2 N–H and O–H groups in total. The molecule has 2 nitrogen and oxygen atoms in total. The van der Waals surface area contributed by atoms with Crippen molar-refractivity contribution in [2.45, 2.75) is 31.4 Å². The van der Waals surface area contributed by atoms with Gasteiger partial charge in [-0.15, -0.1) is 0 Å². The van der Waals surface area contributed by atoms with Crippen molar-refractivity contribution in [1.82, 2.24) is 0 Å². The molecule has 2 aromatic rings. The Kier molecular flexibility index (Phi) is 4.13. The van der Waals surface area contributed by atoms with E-state index in [1.54, 1.807) is 12.1 Å². The fourth-order valence-corrected chi connectivity index (χ4v) is 2.45. The molecular formula is C17H17ClFNO. The first-order valence-corrected chi connectivity index (χ1v) is 7.46. The average Bonchev–Trinajstić information content (AvgIpc) is 3.28. The van der Waals surface area contributed by atoms with Crippen molar-refractivity contribution in [3.8, 4) is 5.75 Å². The van der Waals surface area contributed by atoms with Crippen molar-refractivity contribution >= 4 is 11.6 Å². The topological polar surface area (TPSA) is 35.2 Å². The van der Waals surface area contributed by atoms with E-state index in [1.807, 2.05) is 24.3 Å². The molecule has 1 fully saturated rings. The van der Waals surface area contributed by atoms with Gasteiger partial charge in [-0.25, -0.2) is 4.39 Å². The molecule has 3 rings (SSSR count). The Hall–Kier alpha value is -1.58. The predicted octanol–water partition coefficient (Wildman–Crippen LogP) is 4.26. The molecule has 1 saturated carbocycles. The van der Waals surface area contributed by atoms with Crippen LogP contribution in [0.2, 0.25) is 5.02 Å². The maximum atomic E-state index is 13.9. The summed E-state index contributed by atoms with van der Waals surface area (Å²) in [6.07, 6.45) is 2.98. The van der Waals surface area contributed by atoms with E-state index in [2.05, 4.69) is 0 Å². The molecule has 1 aliphatic rings. The van der Waals surface area contributed by atoms with Gasteiger partial charge in [-0.1, -0.05) is 35.9 Å². The molecule has 0 spiro atoms. The smallest absolute Gasteiger partial charge is 0.145 e. The molecule has 0 saturated heterocycles. The number of hydrogen-bond donors (Lipinski definition) is 1. The van der Waals surface area contributed by atoms with Gasteiger partial charge in [0.15, 0.2) is 0 Å². The number of nitrogens with two attached hydrogens (primary N) is 1. The van der Waals surface area contributed by atoms with Gasteiger partial charge in [-0.2, -0.15) is 0 Å². The first kappa shape index (κ1) is 14.4. The van der Waals surface area contributed by atoms with Gasteiger partial charge < -0.3 is 10.5 Å². The molecular weight excluding hydrogens is 289 g/mol. The zero-order valence-electron chi connectivity index (χ0n) is 11.6. The van der Waals surface area contributed by atoms with Crippen LogP contribution >= 0.6 is 11.6 Å². The molecule has 0 aromatic heterocycles. The normalized spacial score (nSPS) is 15.8. The molecule has 1 aliphatic carbocycles. The predicted molar refractivity (Wildman–Crippen MR) is 82.1 cm³/mol. The Labute approximate surface area is 128 Å². The highest BCUT2D eigenvalue weighted by Crippen LogP contribution is 2.29. The third-order valence-electron chi connectivity index (χ3n) is 3.58. The standard InChI is InChI=1S/C17H17ClFNO/c18-15-6-2-4-12(17(15)19)10-16(20)11-3-1-5-14(9-11)21-13-7-8-13/h1-6,9,13,16H,7-8,10,20H2. The maximum Gasteiger partial charge on any atom is 0.145 e. The van der Waals surface area contributed by atoms with Crippen molar-refractivity contribution in [1.29, 1.82) is 0 Å². The van der Waals surface area contributed by atoms with E-state index in [1.165, 1.54) is 6.07 Å². The Morgan fingerprint density at radius 3 is 2.76 bits per heavy atom. The molecule has 0 radical (unpaired) electrons. The number of halogens is 2. The number of hydrogen-bond acceptors (Lipinski definition) is 2. The Morgan fingerprint density at radius 1 is 1.24 bits per heavy atom. The lowest BCUT2D eigenvalue weighted by Crippen LogP contribution is -2.14. The van der Waals surface area contributed by atoms with Gasteiger partial charge in [-0.05, 0) is 48.6 Å². The zero-order chi connectivity index (χ0) is 14.8. The van der Waals surface area contributed by atoms with Crippen LogP contribution in [0.15, 0.2) is 42.5 Å². The van der Waals surface area contributed by atoms with E-state index >= 15 is 0 Å². The lowest BCUT2D eigenvalue weighted by molar-refractivity contribution is 0.302. The van der Waals surface area contributed by atoms with Crippen molar-refractivity contribution in [2.24, 2.45) is 5.73 Å². The molecule has 2 aromatic carbocycles. The van der Waals surface area contributed by atoms with E-state index in [0.717, 1.165) is 24.2 Å². The second-order valence-corrected chi connectivity index (χ2v) is 5.82. The van der Waals surface area contributed by atoms with Gasteiger partial charge in [0.05, 0.1) is 11.1 Å². The summed E-state index contributed by atoms with van der Waals surface area (Å²) in [5, 5.41) is 0.130. The van der Waals surface area contributed by atoms with E-state index in [9.17, 15) is 4.39 Å². The lowest BCUT2D eigenvalue weighted by Gasteiger charge is -2.14. The summed E-state index contributed by atoms with van der Waals surface area (Å²) >= 11 is 5.80. The second kappa shape index (κ2) is 6.04. The quantitative estimate of drug-likeness (QED) is 0.895.